The quantitative estimate of drug-likeness (QED) is 0.627. The molecule has 0 unspecified atom stereocenters. The zero-order valence-corrected chi connectivity index (χ0v) is 11.9. The van der Waals surface area contributed by atoms with E-state index in [1.165, 1.54) is 4.90 Å². The van der Waals surface area contributed by atoms with Crippen LogP contribution < -0.4 is 10.2 Å². The highest BCUT2D eigenvalue weighted by Gasteiger charge is 2.38. The summed E-state index contributed by atoms with van der Waals surface area (Å²) in [5.41, 5.74) is 1.74. The molecule has 0 radical (unpaired) electrons. The number of hydrogen-bond acceptors (Lipinski definition) is 4. The van der Waals surface area contributed by atoms with Gasteiger partial charge in [0.05, 0.1) is 18.2 Å². The fourth-order valence-electron chi connectivity index (χ4n) is 2.25. The van der Waals surface area contributed by atoms with E-state index < -0.39 is 6.04 Å². The number of benzene rings is 1. The van der Waals surface area contributed by atoms with Crippen LogP contribution >= 0.6 is 0 Å². The van der Waals surface area contributed by atoms with E-state index in [0.29, 0.717) is 18.8 Å². The average molecular weight is 276 g/mol. The molecule has 0 aliphatic carbocycles. The van der Waals surface area contributed by atoms with E-state index in [2.05, 4.69) is 5.32 Å². The summed E-state index contributed by atoms with van der Waals surface area (Å²) in [5.74, 6) is -0.320. The van der Waals surface area contributed by atoms with Crippen molar-refractivity contribution in [2.24, 2.45) is 0 Å². The van der Waals surface area contributed by atoms with Crippen LogP contribution in [0.2, 0.25) is 0 Å². The lowest BCUT2D eigenvalue weighted by molar-refractivity contribution is -0.121. The summed E-state index contributed by atoms with van der Waals surface area (Å²) in [6, 6.07) is 6.99. The van der Waals surface area contributed by atoms with E-state index in [-0.39, 0.29) is 18.2 Å². The first-order valence-corrected chi connectivity index (χ1v) is 6.79. The number of carbonyl (C=O) groups is 2. The number of rotatable bonds is 6. The topological polar surface area (TPSA) is 58.6 Å². The zero-order chi connectivity index (χ0) is 14.5. The molecule has 1 atom stereocenters. The zero-order valence-electron chi connectivity index (χ0n) is 11.9. The van der Waals surface area contributed by atoms with Gasteiger partial charge in [0, 0.05) is 13.7 Å². The first-order valence-electron chi connectivity index (χ1n) is 6.79. The second kappa shape index (κ2) is 6.63. The van der Waals surface area contributed by atoms with Gasteiger partial charge in [-0.2, -0.15) is 0 Å². The molecule has 5 heteroatoms. The van der Waals surface area contributed by atoms with Crippen LogP contribution in [0.25, 0.3) is 0 Å². The Kier molecular flexibility index (Phi) is 4.87. The van der Waals surface area contributed by atoms with Crippen LogP contribution in [0.5, 0.6) is 0 Å². The number of aryl methyl sites for hydroxylation is 1. The molecule has 0 aromatic heterocycles. The standard InChI is InChI=1S/C15H20N2O3/c1-11-4-6-12(7-5-11)17-14(18)10-13(15(17)19)16-8-3-9-20-2/h4-7,13,16H,3,8-10H2,1-2H3/t13-/m1/s1. The molecule has 5 nitrogen and oxygen atoms in total. The molecule has 1 heterocycles. The number of nitrogens with zero attached hydrogens (tertiary/aromatic N) is 1. The highest BCUT2D eigenvalue weighted by atomic mass is 16.5. The van der Waals surface area contributed by atoms with Gasteiger partial charge in [-0.25, -0.2) is 4.90 Å². The summed E-state index contributed by atoms with van der Waals surface area (Å²) in [5, 5.41) is 3.12. The number of amides is 2. The number of imide groups is 1. The summed E-state index contributed by atoms with van der Waals surface area (Å²) < 4.78 is 4.95. The molecule has 1 fully saturated rings. The van der Waals surface area contributed by atoms with Gasteiger partial charge in [0.1, 0.15) is 0 Å². The predicted octanol–water partition coefficient (Wildman–Crippen LogP) is 1.25. The Hall–Kier alpha value is -1.72. The highest BCUT2D eigenvalue weighted by molar-refractivity contribution is 6.22. The summed E-state index contributed by atoms with van der Waals surface area (Å²) in [4.78, 5) is 25.6. The molecule has 1 aromatic carbocycles. The van der Waals surface area contributed by atoms with Gasteiger partial charge in [-0.15, -0.1) is 0 Å². The van der Waals surface area contributed by atoms with Gasteiger partial charge in [0.15, 0.2) is 0 Å². The molecular weight excluding hydrogens is 256 g/mol. The van der Waals surface area contributed by atoms with Crippen molar-refractivity contribution in [1.29, 1.82) is 0 Å². The molecule has 1 N–H and O–H groups in total. The first-order chi connectivity index (χ1) is 9.63. The van der Waals surface area contributed by atoms with E-state index in [9.17, 15) is 9.59 Å². The predicted molar refractivity (Wildman–Crippen MR) is 76.6 cm³/mol. The van der Waals surface area contributed by atoms with Crippen LogP contribution in [0.1, 0.15) is 18.4 Å². The third-order valence-electron chi connectivity index (χ3n) is 3.35. The van der Waals surface area contributed by atoms with E-state index in [1.54, 1.807) is 19.2 Å². The lowest BCUT2D eigenvalue weighted by atomic mass is 10.2. The Labute approximate surface area is 118 Å². The fourth-order valence-corrected chi connectivity index (χ4v) is 2.25. The Morgan fingerprint density at radius 3 is 2.65 bits per heavy atom. The SMILES string of the molecule is COCCCN[C@@H]1CC(=O)N(c2ccc(C)cc2)C1=O. The normalized spacial score (nSPS) is 18.9. The summed E-state index contributed by atoms with van der Waals surface area (Å²) in [6.45, 7) is 3.28. The van der Waals surface area contributed by atoms with Crippen LogP contribution in [-0.4, -0.2) is 38.1 Å². The molecule has 1 aromatic rings. The van der Waals surface area contributed by atoms with Crippen LogP contribution in [0, 0.1) is 6.92 Å². The maximum Gasteiger partial charge on any atom is 0.251 e. The van der Waals surface area contributed by atoms with E-state index in [0.717, 1.165) is 12.0 Å². The molecule has 1 saturated heterocycles. The van der Waals surface area contributed by atoms with E-state index in [1.807, 2.05) is 19.1 Å². The number of nitrogens with one attached hydrogen (secondary N) is 1. The summed E-state index contributed by atoms with van der Waals surface area (Å²) >= 11 is 0. The van der Waals surface area contributed by atoms with Crippen molar-refractivity contribution >= 4 is 17.5 Å². The van der Waals surface area contributed by atoms with Crippen molar-refractivity contribution in [2.75, 3.05) is 25.2 Å². The number of hydrogen-bond donors (Lipinski definition) is 1. The Bertz CT molecular complexity index is 484. The first kappa shape index (κ1) is 14.7. The molecule has 0 bridgehead atoms. The van der Waals surface area contributed by atoms with Gasteiger partial charge >= 0.3 is 0 Å². The maximum atomic E-state index is 12.3. The Morgan fingerprint density at radius 2 is 2.00 bits per heavy atom. The van der Waals surface area contributed by atoms with Crippen LogP contribution in [0.3, 0.4) is 0 Å². The molecular formula is C15H20N2O3. The van der Waals surface area contributed by atoms with E-state index in [4.69, 9.17) is 4.74 Å². The number of methoxy groups -OCH3 is 1. The Balaban J connectivity index is 2.00. The number of ether oxygens (including phenoxy) is 1. The van der Waals surface area contributed by atoms with Crippen molar-refractivity contribution in [3.63, 3.8) is 0 Å². The van der Waals surface area contributed by atoms with Crippen molar-refractivity contribution in [2.45, 2.75) is 25.8 Å². The highest BCUT2D eigenvalue weighted by Crippen LogP contribution is 2.23. The van der Waals surface area contributed by atoms with Gasteiger partial charge in [-0.1, -0.05) is 17.7 Å². The lowest BCUT2D eigenvalue weighted by Gasteiger charge is -2.15. The van der Waals surface area contributed by atoms with Crippen LogP contribution in [-0.2, 0) is 14.3 Å². The molecule has 2 amide bonds. The fraction of sp³-hybridized carbons (Fsp3) is 0.467. The molecule has 1 aliphatic rings. The van der Waals surface area contributed by atoms with Crippen molar-refractivity contribution in [1.82, 2.24) is 5.32 Å². The maximum absolute atomic E-state index is 12.3. The third-order valence-corrected chi connectivity index (χ3v) is 3.35. The monoisotopic (exact) mass is 276 g/mol. The van der Waals surface area contributed by atoms with Gasteiger partial charge < -0.3 is 10.1 Å². The van der Waals surface area contributed by atoms with Crippen molar-refractivity contribution in [3.8, 4) is 0 Å². The minimum atomic E-state index is -0.416. The molecule has 108 valence electrons. The van der Waals surface area contributed by atoms with Crippen LogP contribution in [0.15, 0.2) is 24.3 Å². The van der Waals surface area contributed by atoms with Crippen LogP contribution in [0.4, 0.5) is 5.69 Å². The van der Waals surface area contributed by atoms with Crippen molar-refractivity contribution in [3.05, 3.63) is 29.8 Å². The minimum Gasteiger partial charge on any atom is -0.385 e. The molecule has 2 rings (SSSR count). The third kappa shape index (κ3) is 3.23. The van der Waals surface area contributed by atoms with Crippen molar-refractivity contribution < 1.29 is 14.3 Å². The molecule has 0 spiro atoms. The summed E-state index contributed by atoms with van der Waals surface area (Å²) in [6.07, 6.45) is 1.04. The average Bonchev–Trinajstić information content (AvgIpc) is 2.71. The lowest BCUT2D eigenvalue weighted by Crippen LogP contribution is -2.39. The number of carbonyl (C=O) groups excluding carboxylic acids is 2. The second-order valence-electron chi connectivity index (χ2n) is 4.96. The van der Waals surface area contributed by atoms with Gasteiger partial charge in [-0.05, 0) is 32.0 Å². The summed E-state index contributed by atoms with van der Waals surface area (Å²) in [7, 11) is 1.64. The smallest absolute Gasteiger partial charge is 0.251 e. The number of anilines is 1. The largest absolute Gasteiger partial charge is 0.385 e. The van der Waals surface area contributed by atoms with Gasteiger partial charge in [0.25, 0.3) is 5.91 Å². The Morgan fingerprint density at radius 1 is 1.30 bits per heavy atom. The molecule has 20 heavy (non-hydrogen) atoms. The minimum absolute atomic E-state index is 0.150. The molecule has 0 saturated carbocycles. The molecule has 1 aliphatic heterocycles. The van der Waals surface area contributed by atoms with E-state index >= 15 is 0 Å². The van der Waals surface area contributed by atoms with Gasteiger partial charge in [-0.3, -0.25) is 9.59 Å². The van der Waals surface area contributed by atoms with Gasteiger partial charge in [0.2, 0.25) is 5.91 Å². The second-order valence-corrected chi connectivity index (χ2v) is 4.96.